The van der Waals surface area contributed by atoms with Crippen LogP contribution in [0.3, 0.4) is 0 Å². The van der Waals surface area contributed by atoms with Crippen LogP contribution in [0.15, 0.2) is 70.8 Å². The van der Waals surface area contributed by atoms with Gasteiger partial charge < -0.3 is 14.0 Å². The summed E-state index contributed by atoms with van der Waals surface area (Å²) in [4.78, 5) is 19.9. The highest BCUT2D eigenvalue weighted by molar-refractivity contribution is 7.13. The fourth-order valence-electron chi connectivity index (χ4n) is 3.17. The Morgan fingerprint density at radius 2 is 1.85 bits per heavy atom. The minimum atomic E-state index is 0.0308. The lowest BCUT2D eigenvalue weighted by molar-refractivity contribution is 0.0569. The molecule has 0 aliphatic carbocycles. The van der Waals surface area contributed by atoms with Gasteiger partial charge in [0, 0.05) is 36.7 Å². The molecule has 4 heterocycles. The second-order valence-corrected chi connectivity index (χ2v) is 7.43. The molecule has 0 spiro atoms. The lowest BCUT2D eigenvalue weighted by atomic mass is 9.98. The van der Waals surface area contributed by atoms with E-state index in [0.717, 1.165) is 10.6 Å². The van der Waals surface area contributed by atoms with E-state index in [4.69, 9.17) is 4.52 Å². The Labute approximate surface area is 159 Å². The van der Waals surface area contributed by atoms with Crippen LogP contribution in [0.5, 0.6) is 0 Å². The van der Waals surface area contributed by atoms with E-state index in [9.17, 15) is 4.79 Å². The van der Waals surface area contributed by atoms with Gasteiger partial charge in [0.25, 0.3) is 5.91 Å². The smallest absolute Gasteiger partial charge is 0.253 e. The number of rotatable bonds is 4. The number of aromatic nitrogens is 3. The van der Waals surface area contributed by atoms with Gasteiger partial charge in [-0.05, 0) is 47.8 Å². The SMILES string of the molecule is O=C(c1ccc(-n2cccc2)cc1)N1CC(c2nc(-c3cccs3)no2)C1. The lowest BCUT2D eigenvalue weighted by Gasteiger charge is -2.37. The highest BCUT2D eigenvalue weighted by Gasteiger charge is 2.36. The number of benzene rings is 1. The van der Waals surface area contributed by atoms with Crippen molar-refractivity contribution in [3.05, 3.63) is 77.8 Å². The predicted octanol–water partition coefficient (Wildman–Crippen LogP) is 3.83. The van der Waals surface area contributed by atoms with Crippen molar-refractivity contribution >= 4 is 17.2 Å². The van der Waals surface area contributed by atoms with Crippen LogP contribution in [0.1, 0.15) is 22.2 Å². The molecule has 0 saturated carbocycles. The zero-order valence-corrected chi connectivity index (χ0v) is 15.2. The van der Waals surface area contributed by atoms with Crippen LogP contribution < -0.4 is 0 Å². The fourth-order valence-corrected chi connectivity index (χ4v) is 3.82. The Morgan fingerprint density at radius 1 is 1.07 bits per heavy atom. The normalized spacial score (nSPS) is 14.3. The van der Waals surface area contributed by atoms with Crippen LogP contribution >= 0.6 is 11.3 Å². The molecule has 1 amide bonds. The van der Waals surface area contributed by atoms with E-state index in [2.05, 4.69) is 10.1 Å². The Bertz CT molecular complexity index is 1050. The van der Waals surface area contributed by atoms with E-state index in [1.54, 1.807) is 11.3 Å². The van der Waals surface area contributed by atoms with E-state index in [0.29, 0.717) is 30.4 Å². The van der Waals surface area contributed by atoms with Crippen LogP contribution in [-0.4, -0.2) is 38.6 Å². The first-order chi connectivity index (χ1) is 13.3. The summed E-state index contributed by atoms with van der Waals surface area (Å²) in [7, 11) is 0. The number of amides is 1. The molecule has 27 heavy (non-hydrogen) atoms. The van der Waals surface area contributed by atoms with Crippen molar-refractivity contribution in [1.29, 1.82) is 0 Å². The van der Waals surface area contributed by atoms with Crippen molar-refractivity contribution in [3.8, 4) is 16.4 Å². The standard InChI is InChI=1S/C20H16N4O2S/c25-20(14-5-7-16(8-6-14)23-9-1-2-10-23)24-12-15(13-24)19-21-18(22-26-19)17-4-3-11-27-17/h1-11,15H,12-13H2. The number of likely N-dealkylation sites (tertiary alicyclic amines) is 1. The van der Waals surface area contributed by atoms with Crippen molar-refractivity contribution in [2.24, 2.45) is 0 Å². The minimum Gasteiger partial charge on any atom is -0.339 e. The highest BCUT2D eigenvalue weighted by atomic mass is 32.1. The van der Waals surface area contributed by atoms with E-state index in [1.165, 1.54) is 0 Å². The topological polar surface area (TPSA) is 64.2 Å². The number of carbonyl (C=O) groups excluding carboxylic acids is 1. The largest absolute Gasteiger partial charge is 0.339 e. The molecule has 1 fully saturated rings. The molecule has 1 aliphatic heterocycles. The van der Waals surface area contributed by atoms with Crippen molar-refractivity contribution in [2.75, 3.05) is 13.1 Å². The second-order valence-electron chi connectivity index (χ2n) is 6.48. The molecule has 0 N–H and O–H groups in total. The average Bonchev–Trinajstić information content (AvgIpc) is 3.41. The van der Waals surface area contributed by atoms with Gasteiger partial charge >= 0.3 is 0 Å². The summed E-state index contributed by atoms with van der Waals surface area (Å²) >= 11 is 1.58. The van der Waals surface area contributed by atoms with Gasteiger partial charge in [-0.2, -0.15) is 4.98 Å². The molecule has 0 bridgehead atoms. The maximum Gasteiger partial charge on any atom is 0.253 e. The Morgan fingerprint density at radius 3 is 2.56 bits per heavy atom. The van der Waals surface area contributed by atoms with Crippen molar-refractivity contribution in [1.82, 2.24) is 19.6 Å². The first-order valence-electron chi connectivity index (χ1n) is 8.68. The molecule has 4 aromatic rings. The molecular formula is C20H16N4O2S. The summed E-state index contributed by atoms with van der Waals surface area (Å²) in [6.45, 7) is 1.20. The van der Waals surface area contributed by atoms with Gasteiger partial charge in [-0.15, -0.1) is 11.3 Å². The molecule has 1 aromatic carbocycles. The maximum atomic E-state index is 12.6. The minimum absolute atomic E-state index is 0.0308. The summed E-state index contributed by atoms with van der Waals surface area (Å²) in [5.74, 6) is 1.35. The molecule has 3 aromatic heterocycles. The molecule has 1 saturated heterocycles. The number of carbonyl (C=O) groups is 1. The number of nitrogens with zero attached hydrogens (tertiary/aromatic N) is 4. The molecule has 6 nitrogen and oxygen atoms in total. The molecule has 7 heteroatoms. The van der Waals surface area contributed by atoms with Gasteiger partial charge in [-0.25, -0.2) is 0 Å². The van der Waals surface area contributed by atoms with Crippen LogP contribution in [0, 0.1) is 0 Å². The Hall–Kier alpha value is -3.19. The van der Waals surface area contributed by atoms with Crippen LogP contribution in [0.4, 0.5) is 0 Å². The van der Waals surface area contributed by atoms with E-state index in [-0.39, 0.29) is 11.8 Å². The fraction of sp³-hybridized carbons (Fsp3) is 0.150. The monoisotopic (exact) mass is 376 g/mol. The van der Waals surface area contributed by atoms with Gasteiger partial charge in [0.15, 0.2) is 0 Å². The third-order valence-electron chi connectivity index (χ3n) is 4.72. The van der Waals surface area contributed by atoms with E-state index in [1.807, 2.05) is 75.8 Å². The van der Waals surface area contributed by atoms with E-state index >= 15 is 0 Å². The molecule has 134 valence electrons. The molecule has 0 atom stereocenters. The first-order valence-corrected chi connectivity index (χ1v) is 9.56. The Balaban J connectivity index is 1.23. The van der Waals surface area contributed by atoms with Crippen molar-refractivity contribution in [3.63, 3.8) is 0 Å². The summed E-state index contributed by atoms with van der Waals surface area (Å²) in [6.07, 6.45) is 3.96. The van der Waals surface area contributed by atoms with Gasteiger partial charge in [0.1, 0.15) is 0 Å². The van der Waals surface area contributed by atoms with Crippen LogP contribution in [0.25, 0.3) is 16.4 Å². The summed E-state index contributed by atoms with van der Waals surface area (Å²) in [6, 6.07) is 15.5. The predicted molar refractivity (Wildman–Crippen MR) is 102 cm³/mol. The van der Waals surface area contributed by atoms with Crippen molar-refractivity contribution < 1.29 is 9.32 Å². The molecule has 0 radical (unpaired) electrons. The third-order valence-corrected chi connectivity index (χ3v) is 5.58. The van der Waals surface area contributed by atoms with Crippen LogP contribution in [0.2, 0.25) is 0 Å². The van der Waals surface area contributed by atoms with Crippen LogP contribution in [-0.2, 0) is 0 Å². The lowest BCUT2D eigenvalue weighted by Crippen LogP contribution is -2.48. The van der Waals surface area contributed by atoms with E-state index < -0.39 is 0 Å². The molecular weight excluding hydrogens is 360 g/mol. The average molecular weight is 376 g/mol. The number of hydrogen-bond acceptors (Lipinski definition) is 5. The number of thiophene rings is 1. The third kappa shape index (κ3) is 2.96. The first kappa shape index (κ1) is 16.0. The zero-order chi connectivity index (χ0) is 18.2. The van der Waals surface area contributed by atoms with Gasteiger partial charge in [0.05, 0.1) is 10.8 Å². The molecule has 1 aliphatic rings. The second kappa shape index (κ2) is 6.51. The van der Waals surface area contributed by atoms with Gasteiger partial charge in [-0.3, -0.25) is 4.79 Å². The summed E-state index contributed by atoms with van der Waals surface area (Å²) < 4.78 is 7.40. The quantitative estimate of drug-likeness (QED) is 0.543. The zero-order valence-electron chi connectivity index (χ0n) is 14.4. The van der Waals surface area contributed by atoms with Crippen molar-refractivity contribution in [2.45, 2.75) is 5.92 Å². The highest BCUT2D eigenvalue weighted by Crippen LogP contribution is 2.30. The summed E-state index contributed by atoms with van der Waals surface area (Å²) in [5, 5.41) is 6.03. The maximum absolute atomic E-state index is 12.6. The molecule has 5 rings (SSSR count). The van der Waals surface area contributed by atoms with Gasteiger partial charge in [-0.1, -0.05) is 11.2 Å². The van der Waals surface area contributed by atoms with Gasteiger partial charge in [0.2, 0.25) is 11.7 Å². The number of hydrogen-bond donors (Lipinski definition) is 0. The summed E-state index contributed by atoms with van der Waals surface area (Å²) in [5.41, 5.74) is 1.72. The Kier molecular flexibility index (Phi) is 3.86. The molecule has 0 unspecified atom stereocenters.